The highest BCUT2D eigenvalue weighted by atomic mass is 35.5. The Kier molecular flexibility index (Phi) is 3.73. The average Bonchev–Trinajstić information content (AvgIpc) is 2.06. The van der Waals surface area contributed by atoms with Gasteiger partial charge in [-0.15, -0.1) is 11.6 Å². The second-order valence-corrected chi connectivity index (χ2v) is 4.16. The molecule has 0 saturated heterocycles. The Morgan fingerprint density at radius 2 is 2.15 bits per heavy atom. The summed E-state index contributed by atoms with van der Waals surface area (Å²) in [5, 5.41) is 0.111. The van der Waals surface area contributed by atoms with Crippen LogP contribution in [0.2, 0.25) is 0 Å². The summed E-state index contributed by atoms with van der Waals surface area (Å²) in [4.78, 5) is 0. The van der Waals surface area contributed by atoms with Gasteiger partial charge in [-0.25, -0.2) is 4.39 Å². The molecule has 72 valence electrons. The number of alkyl halides is 1. The maximum absolute atomic E-state index is 13.2. The molecule has 1 rings (SSSR count). The van der Waals surface area contributed by atoms with Gasteiger partial charge in [-0.3, -0.25) is 0 Å². The van der Waals surface area contributed by atoms with Crippen molar-refractivity contribution in [3.8, 4) is 0 Å². The van der Waals surface area contributed by atoms with E-state index in [1.54, 1.807) is 6.07 Å². The van der Waals surface area contributed by atoms with Gasteiger partial charge in [0.1, 0.15) is 5.82 Å². The van der Waals surface area contributed by atoms with Crippen LogP contribution < -0.4 is 0 Å². The van der Waals surface area contributed by atoms with Gasteiger partial charge in [0.2, 0.25) is 0 Å². The number of benzene rings is 1. The highest BCUT2D eigenvalue weighted by Crippen LogP contribution is 2.14. The zero-order valence-corrected chi connectivity index (χ0v) is 8.74. The number of hydrogen-bond donors (Lipinski definition) is 0. The number of hydrogen-bond acceptors (Lipinski definition) is 0. The third kappa shape index (κ3) is 3.35. The molecule has 0 aliphatic rings. The highest BCUT2D eigenvalue weighted by Gasteiger charge is 2.03. The summed E-state index contributed by atoms with van der Waals surface area (Å²) in [6.45, 7) is 3.89. The van der Waals surface area contributed by atoms with Crippen molar-refractivity contribution in [2.45, 2.75) is 32.1 Å². The summed E-state index contributed by atoms with van der Waals surface area (Å²) < 4.78 is 13.2. The van der Waals surface area contributed by atoms with Crippen molar-refractivity contribution in [1.82, 2.24) is 0 Å². The lowest BCUT2D eigenvalue weighted by molar-refractivity contribution is 0.603. The quantitative estimate of drug-likeness (QED) is 0.653. The van der Waals surface area contributed by atoms with Crippen molar-refractivity contribution in [2.24, 2.45) is 0 Å². The molecule has 2 heteroatoms. The molecule has 1 aromatic rings. The van der Waals surface area contributed by atoms with Gasteiger partial charge in [0.25, 0.3) is 0 Å². The zero-order chi connectivity index (χ0) is 9.84. The minimum absolute atomic E-state index is 0.111. The van der Waals surface area contributed by atoms with E-state index >= 15 is 0 Å². The first-order valence-electron chi connectivity index (χ1n) is 4.48. The van der Waals surface area contributed by atoms with Gasteiger partial charge < -0.3 is 0 Å². The zero-order valence-electron chi connectivity index (χ0n) is 7.98. The van der Waals surface area contributed by atoms with E-state index in [1.807, 2.05) is 19.9 Å². The fourth-order valence-electron chi connectivity index (χ4n) is 1.25. The molecule has 0 saturated carbocycles. The Bertz CT molecular complexity index is 281. The van der Waals surface area contributed by atoms with Crippen molar-refractivity contribution < 1.29 is 4.39 Å². The van der Waals surface area contributed by atoms with E-state index in [0.29, 0.717) is 0 Å². The Balaban J connectivity index is 2.70. The Labute approximate surface area is 83.7 Å². The van der Waals surface area contributed by atoms with Crippen LogP contribution in [0.3, 0.4) is 0 Å². The molecule has 1 aromatic carbocycles. The number of halogens is 2. The van der Waals surface area contributed by atoms with E-state index in [2.05, 4.69) is 0 Å². The normalized spacial score (nSPS) is 12.9. The van der Waals surface area contributed by atoms with Crippen molar-refractivity contribution >= 4 is 11.6 Å². The maximum atomic E-state index is 13.2. The monoisotopic (exact) mass is 200 g/mol. The molecule has 0 nitrogen and oxygen atoms in total. The van der Waals surface area contributed by atoms with Gasteiger partial charge in [-0.2, -0.15) is 0 Å². The molecule has 0 N–H and O–H groups in total. The van der Waals surface area contributed by atoms with E-state index in [-0.39, 0.29) is 11.2 Å². The Morgan fingerprint density at radius 3 is 2.77 bits per heavy atom. The van der Waals surface area contributed by atoms with Crippen LogP contribution in [0.4, 0.5) is 4.39 Å². The molecule has 0 amide bonds. The van der Waals surface area contributed by atoms with Crippen molar-refractivity contribution in [3.05, 3.63) is 35.1 Å². The van der Waals surface area contributed by atoms with Gasteiger partial charge in [0.15, 0.2) is 0 Å². The molecule has 13 heavy (non-hydrogen) atoms. The molecule has 0 aliphatic heterocycles. The third-order valence-electron chi connectivity index (χ3n) is 2.01. The summed E-state index contributed by atoms with van der Waals surface area (Å²) >= 11 is 5.80. The average molecular weight is 201 g/mol. The molecule has 0 spiro atoms. The lowest BCUT2D eigenvalue weighted by atomic mass is 10.1. The Morgan fingerprint density at radius 1 is 1.46 bits per heavy atom. The van der Waals surface area contributed by atoms with E-state index in [4.69, 9.17) is 11.6 Å². The van der Waals surface area contributed by atoms with Crippen molar-refractivity contribution in [1.29, 1.82) is 0 Å². The molecule has 0 aliphatic carbocycles. The van der Waals surface area contributed by atoms with Crippen LogP contribution in [-0.2, 0) is 6.42 Å². The lowest BCUT2D eigenvalue weighted by Crippen LogP contribution is -1.97. The summed E-state index contributed by atoms with van der Waals surface area (Å²) in [5.41, 5.74) is 1.87. The second kappa shape index (κ2) is 4.61. The first-order chi connectivity index (χ1) is 6.09. The summed E-state index contributed by atoms with van der Waals surface area (Å²) in [5.74, 6) is -0.122. The van der Waals surface area contributed by atoms with E-state index < -0.39 is 0 Å². The van der Waals surface area contributed by atoms with Crippen molar-refractivity contribution in [2.75, 3.05) is 0 Å². The van der Waals surface area contributed by atoms with Crippen LogP contribution in [0.25, 0.3) is 0 Å². The van der Waals surface area contributed by atoms with Gasteiger partial charge in [0.05, 0.1) is 0 Å². The van der Waals surface area contributed by atoms with Crippen LogP contribution >= 0.6 is 11.6 Å². The molecule has 0 fully saturated rings. The molecular formula is C11H14ClF. The van der Waals surface area contributed by atoms with E-state index in [0.717, 1.165) is 24.0 Å². The first-order valence-corrected chi connectivity index (χ1v) is 4.92. The molecule has 1 atom stereocenters. The summed E-state index contributed by atoms with van der Waals surface area (Å²) in [6.07, 6.45) is 1.54. The Hall–Kier alpha value is -0.560. The number of aryl methyl sites for hydroxylation is 2. The molecule has 0 heterocycles. The topological polar surface area (TPSA) is 0 Å². The van der Waals surface area contributed by atoms with Gasteiger partial charge >= 0.3 is 0 Å². The highest BCUT2D eigenvalue weighted by molar-refractivity contribution is 6.20. The maximum Gasteiger partial charge on any atom is 0.126 e. The predicted molar refractivity (Wildman–Crippen MR) is 54.8 cm³/mol. The summed E-state index contributed by atoms with van der Waals surface area (Å²) in [6, 6.07) is 5.18. The van der Waals surface area contributed by atoms with Crippen LogP contribution in [0.5, 0.6) is 0 Å². The molecular weight excluding hydrogens is 187 g/mol. The number of rotatable bonds is 3. The van der Waals surface area contributed by atoms with Crippen molar-refractivity contribution in [3.63, 3.8) is 0 Å². The van der Waals surface area contributed by atoms with Gasteiger partial charge in [0, 0.05) is 5.38 Å². The van der Waals surface area contributed by atoms with Gasteiger partial charge in [-0.1, -0.05) is 17.7 Å². The standard InChI is InChI=1S/C11H14ClF/c1-8-3-6-11(13)10(7-8)5-4-9(2)12/h3,6-7,9H,4-5H2,1-2H3. The lowest BCUT2D eigenvalue weighted by Gasteiger charge is -2.05. The van der Waals surface area contributed by atoms with Crippen LogP contribution in [-0.4, -0.2) is 5.38 Å². The fourth-order valence-corrected chi connectivity index (χ4v) is 1.36. The van der Waals surface area contributed by atoms with Crippen LogP contribution in [0.1, 0.15) is 24.5 Å². The van der Waals surface area contributed by atoms with Crippen LogP contribution in [0.15, 0.2) is 18.2 Å². The van der Waals surface area contributed by atoms with E-state index in [1.165, 1.54) is 6.07 Å². The molecule has 1 unspecified atom stereocenters. The minimum Gasteiger partial charge on any atom is -0.207 e. The SMILES string of the molecule is Cc1ccc(F)c(CCC(C)Cl)c1. The smallest absolute Gasteiger partial charge is 0.126 e. The molecule has 0 bridgehead atoms. The minimum atomic E-state index is -0.122. The summed E-state index contributed by atoms with van der Waals surface area (Å²) in [7, 11) is 0. The molecule has 0 aromatic heterocycles. The van der Waals surface area contributed by atoms with Crippen LogP contribution in [0, 0.1) is 12.7 Å². The van der Waals surface area contributed by atoms with E-state index in [9.17, 15) is 4.39 Å². The second-order valence-electron chi connectivity index (χ2n) is 3.41. The predicted octanol–water partition coefficient (Wildman–Crippen LogP) is 3.69. The van der Waals surface area contributed by atoms with Gasteiger partial charge in [-0.05, 0) is 38.3 Å². The molecule has 0 radical (unpaired) electrons. The first kappa shape index (κ1) is 10.5. The third-order valence-corrected chi connectivity index (χ3v) is 2.23. The largest absolute Gasteiger partial charge is 0.207 e. The fraction of sp³-hybridized carbons (Fsp3) is 0.455.